The van der Waals surface area contributed by atoms with Gasteiger partial charge in [-0.2, -0.15) is 13.2 Å². The van der Waals surface area contributed by atoms with E-state index >= 15 is 0 Å². The minimum Gasteiger partial charge on any atom is -0.441 e. The SMILES string of the molecule is Cc1nc2cc(Nc3ncc(C(F)(F)F)cc3Cl)ccc2o1. The molecule has 3 rings (SSSR count). The number of benzene rings is 1. The molecule has 0 aliphatic heterocycles. The molecule has 2 aromatic heterocycles. The van der Waals surface area contributed by atoms with Gasteiger partial charge in [0.25, 0.3) is 0 Å². The Morgan fingerprint density at radius 1 is 1.23 bits per heavy atom. The van der Waals surface area contributed by atoms with Crippen LogP contribution in [0.4, 0.5) is 24.7 Å². The zero-order valence-corrected chi connectivity index (χ0v) is 12.0. The summed E-state index contributed by atoms with van der Waals surface area (Å²) >= 11 is 5.85. The maximum Gasteiger partial charge on any atom is 0.417 e. The first-order chi connectivity index (χ1) is 10.3. The minimum absolute atomic E-state index is 0.119. The van der Waals surface area contributed by atoms with Gasteiger partial charge in [0.15, 0.2) is 11.5 Å². The molecule has 0 aliphatic carbocycles. The summed E-state index contributed by atoms with van der Waals surface area (Å²) in [6.45, 7) is 1.72. The molecule has 2 heterocycles. The van der Waals surface area contributed by atoms with Crippen molar-refractivity contribution in [2.45, 2.75) is 13.1 Å². The summed E-state index contributed by atoms with van der Waals surface area (Å²) in [5.74, 6) is 0.659. The van der Waals surface area contributed by atoms with Crippen LogP contribution in [0.25, 0.3) is 11.1 Å². The second kappa shape index (κ2) is 5.17. The van der Waals surface area contributed by atoms with Crippen LogP contribution in [0.15, 0.2) is 34.9 Å². The van der Waals surface area contributed by atoms with Crippen LogP contribution in [-0.4, -0.2) is 9.97 Å². The maximum atomic E-state index is 12.6. The molecule has 0 saturated carbocycles. The Kier molecular flexibility index (Phi) is 3.44. The van der Waals surface area contributed by atoms with Gasteiger partial charge in [0.05, 0.1) is 10.6 Å². The van der Waals surface area contributed by atoms with Gasteiger partial charge in [0.1, 0.15) is 11.3 Å². The average Bonchev–Trinajstić information content (AvgIpc) is 2.79. The van der Waals surface area contributed by atoms with Gasteiger partial charge >= 0.3 is 6.18 Å². The number of aryl methyl sites for hydroxylation is 1. The number of hydrogen-bond donors (Lipinski definition) is 1. The molecule has 0 atom stereocenters. The Balaban J connectivity index is 1.91. The molecule has 0 aliphatic rings. The van der Waals surface area contributed by atoms with Gasteiger partial charge in [-0.05, 0) is 24.3 Å². The van der Waals surface area contributed by atoms with Crippen molar-refractivity contribution in [1.29, 1.82) is 0 Å². The Hall–Kier alpha value is -2.28. The highest BCUT2D eigenvalue weighted by Crippen LogP contribution is 2.33. The molecule has 4 nitrogen and oxygen atoms in total. The number of halogens is 4. The molecular weight excluding hydrogens is 319 g/mol. The van der Waals surface area contributed by atoms with Gasteiger partial charge in [-0.15, -0.1) is 0 Å². The lowest BCUT2D eigenvalue weighted by atomic mass is 10.2. The number of rotatable bonds is 2. The summed E-state index contributed by atoms with van der Waals surface area (Å²) in [6.07, 6.45) is -3.75. The largest absolute Gasteiger partial charge is 0.441 e. The minimum atomic E-state index is -4.48. The van der Waals surface area contributed by atoms with Crippen LogP contribution in [0.1, 0.15) is 11.5 Å². The van der Waals surface area contributed by atoms with E-state index < -0.39 is 11.7 Å². The summed E-state index contributed by atoms with van der Waals surface area (Å²) in [6, 6.07) is 5.93. The van der Waals surface area contributed by atoms with E-state index in [2.05, 4.69) is 15.3 Å². The normalized spacial score (nSPS) is 11.9. The molecule has 1 N–H and O–H groups in total. The zero-order chi connectivity index (χ0) is 15.9. The highest BCUT2D eigenvalue weighted by atomic mass is 35.5. The third kappa shape index (κ3) is 2.85. The first-order valence-electron chi connectivity index (χ1n) is 6.20. The first kappa shape index (κ1) is 14.6. The fourth-order valence-electron chi connectivity index (χ4n) is 1.94. The molecule has 0 fully saturated rings. The van der Waals surface area contributed by atoms with Crippen molar-refractivity contribution in [3.8, 4) is 0 Å². The quantitative estimate of drug-likeness (QED) is 0.723. The molecule has 1 aromatic carbocycles. The predicted octanol–water partition coefficient (Wildman–Crippen LogP) is 4.95. The lowest BCUT2D eigenvalue weighted by molar-refractivity contribution is -0.137. The second-order valence-electron chi connectivity index (χ2n) is 4.59. The Labute approximate surface area is 127 Å². The molecular formula is C14H9ClF3N3O. The summed E-state index contributed by atoms with van der Waals surface area (Å²) < 4.78 is 43.0. The van der Waals surface area contributed by atoms with E-state index in [0.717, 1.165) is 12.3 Å². The van der Waals surface area contributed by atoms with Crippen molar-refractivity contribution in [3.05, 3.63) is 46.9 Å². The Morgan fingerprint density at radius 2 is 2.00 bits per heavy atom. The third-order valence-corrected chi connectivity index (χ3v) is 3.21. The van der Waals surface area contributed by atoms with Crippen LogP contribution in [0.5, 0.6) is 0 Å². The van der Waals surface area contributed by atoms with E-state index in [1.807, 2.05) is 0 Å². The molecule has 0 saturated heterocycles. The fraction of sp³-hybridized carbons (Fsp3) is 0.143. The van der Waals surface area contributed by atoms with E-state index in [0.29, 0.717) is 22.7 Å². The molecule has 8 heteroatoms. The van der Waals surface area contributed by atoms with Crippen LogP contribution < -0.4 is 5.32 Å². The van der Waals surface area contributed by atoms with E-state index in [1.54, 1.807) is 25.1 Å². The monoisotopic (exact) mass is 327 g/mol. The van der Waals surface area contributed by atoms with Gasteiger partial charge in [-0.3, -0.25) is 0 Å². The van der Waals surface area contributed by atoms with Gasteiger partial charge in [-0.1, -0.05) is 11.6 Å². The molecule has 0 spiro atoms. The number of nitrogens with one attached hydrogen (secondary N) is 1. The lowest BCUT2D eigenvalue weighted by Crippen LogP contribution is -2.06. The smallest absolute Gasteiger partial charge is 0.417 e. The average molecular weight is 328 g/mol. The number of nitrogens with zero attached hydrogens (tertiary/aromatic N) is 2. The molecule has 0 unspecified atom stereocenters. The number of aromatic nitrogens is 2. The lowest BCUT2D eigenvalue weighted by Gasteiger charge is -2.10. The third-order valence-electron chi connectivity index (χ3n) is 2.93. The van der Waals surface area contributed by atoms with E-state index in [-0.39, 0.29) is 10.8 Å². The van der Waals surface area contributed by atoms with Gasteiger partial charge in [-0.25, -0.2) is 9.97 Å². The highest BCUT2D eigenvalue weighted by molar-refractivity contribution is 6.33. The van der Waals surface area contributed by atoms with E-state index in [9.17, 15) is 13.2 Å². The van der Waals surface area contributed by atoms with Gasteiger partial charge in [0, 0.05) is 18.8 Å². The summed E-state index contributed by atoms with van der Waals surface area (Å²) in [4.78, 5) is 7.89. The van der Waals surface area contributed by atoms with Gasteiger partial charge < -0.3 is 9.73 Å². The van der Waals surface area contributed by atoms with Crippen LogP contribution >= 0.6 is 11.6 Å². The maximum absolute atomic E-state index is 12.6. The van der Waals surface area contributed by atoms with E-state index in [1.165, 1.54) is 0 Å². The molecule has 114 valence electrons. The molecule has 0 amide bonds. The number of hydrogen-bond acceptors (Lipinski definition) is 4. The van der Waals surface area contributed by atoms with Crippen LogP contribution in [-0.2, 0) is 6.18 Å². The van der Waals surface area contributed by atoms with Crippen molar-refractivity contribution >= 4 is 34.2 Å². The van der Waals surface area contributed by atoms with Crippen LogP contribution in [0, 0.1) is 6.92 Å². The Bertz CT molecular complexity index is 845. The van der Waals surface area contributed by atoms with Crippen molar-refractivity contribution in [1.82, 2.24) is 9.97 Å². The number of alkyl halides is 3. The van der Waals surface area contributed by atoms with Crippen molar-refractivity contribution in [2.24, 2.45) is 0 Å². The fourth-order valence-corrected chi connectivity index (χ4v) is 2.16. The standard InChI is InChI=1S/C14H9ClF3N3O/c1-7-20-11-5-9(2-3-12(11)22-7)21-13-10(15)4-8(6-19-13)14(16,17)18/h2-6H,1H3,(H,19,21). The number of oxazole rings is 1. The molecule has 0 radical (unpaired) electrons. The first-order valence-corrected chi connectivity index (χ1v) is 6.58. The van der Waals surface area contributed by atoms with Crippen molar-refractivity contribution in [2.75, 3.05) is 5.32 Å². The molecule has 0 bridgehead atoms. The number of fused-ring (bicyclic) bond motifs is 1. The zero-order valence-electron chi connectivity index (χ0n) is 11.2. The summed E-state index contributed by atoms with van der Waals surface area (Å²) in [5, 5.41) is 2.74. The van der Waals surface area contributed by atoms with Gasteiger partial charge in [0.2, 0.25) is 0 Å². The second-order valence-corrected chi connectivity index (χ2v) is 5.00. The summed E-state index contributed by atoms with van der Waals surface area (Å²) in [7, 11) is 0. The number of anilines is 2. The van der Waals surface area contributed by atoms with Crippen molar-refractivity contribution in [3.63, 3.8) is 0 Å². The predicted molar refractivity (Wildman–Crippen MR) is 76.3 cm³/mol. The van der Waals surface area contributed by atoms with Crippen molar-refractivity contribution < 1.29 is 17.6 Å². The molecule has 22 heavy (non-hydrogen) atoms. The van der Waals surface area contributed by atoms with Crippen LogP contribution in [0.3, 0.4) is 0 Å². The topological polar surface area (TPSA) is 51.0 Å². The van der Waals surface area contributed by atoms with E-state index in [4.69, 9.17) is 16.0 Å². The number of pyridine rings is 1. The van der Waals surface area contributed by atoms with Crippen LogP contribution in [0.2, 0.25) is 5.02 Å². The highest BCUT2D eigenvalue weighted by Gasteiger charge is 2.31. The summed E-state index contributed by atoms with van der Waals surface area (Å²) in [5.41, 5.74) is 0.945. The Morgan fingerprint density at radius 3 is 2.68 bits per heavy atom. The molecule has 3 aromatic rings.